The molecule has 2 aromatic rings. The number of hydrogen-bond donors (Lipinski definition) is 0. The van der Waals surface area contributed by atoms with E-state index in [1.807, 2.05) is 24.3 Å². The molecule has 0 spiro atoms. The van der Waals surface area contributed by atoms with Gasteiger partial charge in [-0.2, -0.15) is 0 Å². The van der Waals surface area contributed by atoms with Gasteiger partial charge in [0.15, 0.2) is 0 Å². The van der Waals surface area contributed by atoms with E-state index in [9.17, 15) is 0 Å². The first kappa shape index (κ1) is 21.9. The molecule has 2 saturated heterocycles. The number of halogens is 2. The first-order valence-corrected chi connectivity index (χ1v) is 11.6. The van der Waals surface area contributed by atoms with E-state index in [1.165, 1.54) is 11.1 Å². The van der Waals surface area contributed by atoms with Gasteiger partial charge in [0.25, 0.3) is 0 Å². The smallest absolute Gasteiger partial charge is 0.117 e. The summed E-state index contributed by atoms with van der Waals surface area (Å²) in [4.78, 5) is 2.65. The van der Waals surface area contributed by atoms with Gasteiger partial charge in [0, 0.05) is 33.5 Å². The Bertz CT molecular complexity index is 896. The van der Waals surface area contributed by atoms with Gasteiger partial charge in [-0.3, -0.25) is 4.90 Å². The molecule has 0 bridgehead atoms. The molecule has 0 aliphatic carbocycles. The lowest BCUT2D eigenvalue weighted by molar-refractivity contribution is -0.125. The number of rotatable bonds is 5. The van der Waals surface area contributed by atoms with Crippen molar-refractivity contribution in [3.05, 3.63) is 82.4 Å². The van der Waals surface area contributed by atoms with E-state index in [1.54, 1.807) is 0 Å². The van der Waals surface area contributed by atoms with Crippen LogP contribution in [0.4, 0.5) is 0 Å². The van der Waals surface area contributed by atoms with Gasteiger partial charge >= 0.3 is 0 Å². The largest absolute Gasteiger partial charge is 0.361 e. The second-order valence-corrected chi connectivity index (χ2v) is 10.3. The molecular formula is C26H31Cl2NO. The van der Waals surface area contributed by atoms with Crippen LogP contribution in [-0.2, 0) is 4.74 Å². The molecule has 0 aromatic heterocycles. The van der Waals surface area contributed by atoms with Gasteiger partial charge in [-0.05, 0) is 54.2 Å². The summed E-state index contributed by atoms with van der Waals surface area (Å²) < 4.78 is 6.51. The van der Waals surface area contributed by atoms with Crippen molar-refractivity contribution in [3.63, 3.8) is 0 Å². The summed E-state index contributed by atoms with van der Waals surface area (Å²) in [5.74, 6) is 0.796. The molecule has 5 atom stereocenters. The number of ether oxygens (including phenoxy) is 1. The molecule has 0 saturated carbocycles. The number of hydrogen-bond acceptors (Lipinski definition) is 2. The Labute approximate surface area is 190 Å². The number of allylic oxidation sites excluding steroid dienone is 1. The maximum absolute atomic E-state index is 6.51. The van der Waals surface area contributed by atoms with Crippen LogP contribution < -0.4 is 0 Å². The number of nitrogens with zero attached hydrogens (tertiary/aromatic N) is 1. The van der Waals surface area contributed by atoms with Gasteiger partial charge in [0.2, 0.25) is 0 Å². The number of fused-ring (bicyclic) bond motifs is 1. The van der Waals surface area contributed by atoms with Crippen molar-refractivity contribution in [2.45, 2.75) is 57.8 Å². The lowest BCUT2D eigenvalue weighted by atomic mass is 9.66. The van der Waals surface area contributed by atoms with Crippen LogP contribution in [-0.4, -0.2) is 23.8 Å². The van der Waals surface area contributed by atoms with E-state index in [0.29, 0.717) is 17.9 Å². The van der Waals surface area contributed by atoms with Crippen LogP contribution >= 0.6 is 23.2 Å². The number of piperidine rings is 1. The second kappa shape index (κ2) is 8.67. The van der Waals surface area contributed by atoms with E-state index in [2.05, 4.69) is 62.6 Å². The zero-order valence-corrected chi connectivity index (χ0v) is 19.5. The third-order valence-corrected chi connectivity index (χ3v) is 7.42. The van der Waals surface area contributed by atoms with Crippen molar-refractivity contribution < 1.29 is 4.74 Å². The van der Waals surface area contributed by atoms with Crippen molar-refractivity contribution in [1.29, 1.82) is 0 Å². The summed E-state index contributed by atoms with van der Waals surface area (Å²) in [5, 5.41) is 1.55. The molecule has 0 N–H and O–H groups in total. The topological polar surface area (TPSA) is 12.5 Å². The van der Waals surface area contributed by atoms with Gasteiger partial charge in [-0.15, -0.1) is 6.58 Å². The lowest BCUT2D eigenvalue weighted by Gasteiger charge is -2.53. The van der Waals surface area contributed by atoms with Crippen molar-refractivity contribution >= 4 is 23.2 Å². The predicted octanol–water partition coefficient (Wildman–Crippen LogP) is 7.49. The summed E-state index contributed by atoms with van der Waals surface area (Å²) in [6.45, 7) is 11.8. The van der Waals surface area contributed by atoms with Crippen LogP contribution in [0.3, 0.4) is 0 Å². The van der Waals surface area contributed by atoms with Crippen LogP contribution in [0.1, 0.15) is 56.7 Å². The maximum Gasteiger partial charge on any atom is 0.117 e. The Morgan fingerprint density at radius 1 is 1.13 bits per heavy atom. The zero-order valence-electron chi connectivity index (χ0n) is 18.0. The normalized spacial score (nSPS) is 31.7. The Hall–Kier alpha value is -1.32. The SMILES string of the molecule is C=CC[C@@]1(C)C[C@H](c2cccc(Cl)c2)[C@@H](c2ccc(Cl)cc2)N2C(C(C)C)COC21. The van der Waals surface area contributed by atoms with E-state index in [-0.39, 0.29) is 17.7 Å². The van der Waals surface area contributed by atoms with E-state index in [4.69, 9.17) is 27.9 Å². The van der Waals surface area contributed by atoms with Crippen molar-refractivity contribution in [2.24, 2.45) is 11.3 Å². The highest BCUT2D eigenvalue weighted by Crippen LogP contribution is 2.56. The van der Waals surface area contributed by atoms with E-state index >= 15 is 0 Å². The average molecular weight is 444 g/mol. The Morgan fingerprint density at radius 3 is 2.50 bits per heavy atom. The molecule has 2 heterocycles. The highest BCUT2D eigenvalue weighted by Gasteiger charge is 2.55. The summed E-state index contributed by atoms with van der Waals surface area (Å²) in [6.07, 6.45) is 4.04. The predicted molar refractivity (Wildman–Crippen MR) is 126 cm³/mol. The second-order valence-electron chi connectivity index (χ2n) is 9.45. The van der Waals surface area contributed by atoms with Crippen LogP contribution in [0, 0.1) is 11.3 Å². The van der Waals surface area contributed by atoms with Gasteiger partial charge in [-0.25, -0.2) is 0 Å². The highest BCUT2D eigenvalue weighted by molar-refractivity contribution is 6.30. The molecule has 2 nitrogen and oxygen atoms in total. The highest BCUT2D eigenvalue weighted by atomic mass is 35.5. The lowest BCUT2D eigenvalue weighted by Crippen LogP contribution is -2.55. The van der Waals surface area contributed by atoms with Crippen LogP contribution in [0.25, 0.3) is 0 Å². The molecule has 2 fully saturated rings. The van der Waals surface area contributed by atoms with E-state index in [0.717, 1.165) is 29.5 Å². The maximum atomic E-state index is 6.51. The summed E-state index contributed by atoms with van der Waals surface area (Å²) in [7, 11) is 0. The standard InChI is InChI=1S/C26H31Cl2NO/c1-5-13-26(4)15-22(19-7-6-8-21(28)14-19)24(18-9-11-20(27)12-10-18)29-23(17(2)3)16-30-25(26)29/h5-12,14,17,22-25H,1,13,15-16H2,2-4H3/t22-,23?,24-,25?,26+/m1/s1. The quantitative estimate of drug-likeness (QED) is 0.443. The molecule has 2 aliphatic heterocycles. The van der Waals surface area contributed by atoms with Crippen molar-refractivity contribution in [3.8, 4) is 0 Å². The third kappa shape index (κ3) is 3.96. The first-order chi connectivity index (χ1) is 14.3. The van der Waals surface area contributed by atoms with E-state index < -0.39 is 0 Å². The molecule has 4 rings (SSSR count). The molecular weight excluding hydrogens is 413 g/mol. The fraction of sp³-hybridized carbons (Fsp3) is 0.462. The zero-order chi connectivity index (χ0) is 21.5. The molecule has 0 amide bonds. The molecule has 160 valence electrons. The Kier molecular flexibility index (Phi) is 6.33. The van der Waals surface area contributed by atoms with Crippen molar-refractivity contribution in [1.82, 2.24) is 4.90 Å². The molecule has 30 heavy (non-hydrogen) atoms. The molecule has 0 radical (unpaired) electrons. The number of benzene rings is 2. The summed E-state index contributed by atoms with van der Waals surface area (Å²) in [6, 6.07) is 17.3. The Balaban J connectivity index is 1.88. The van der Waals surface area contributed by atoms with Gasteiger partial charge in [0.05, 0.1) is 6.61 Å². The molecule has 2 aliphatic rings. The van der Waals surface area contributed by atoms with Gasteiger partial charge in [-0.1, -0.05) is 74.3 Å². The van der Waals surface area contributed by atoms with Crippen molar-refractivity contribution in [2.75, 3.05) is 6.61 Å². The molecule has 2 unspecified atom stereocenters. The first-order valence-electron chi connectivity index (χ1n) is 10.8. The average Bonchev–Trinajstić information content (AvgIpc) is 3.15. The molecule has 4 heteroatoms. The Morgan fingerprint density at radius 2 is 1.87 bits per heavy atom. The van der Waals surface area contributed by atoms with Crippen LogP contribution in [0.2, 0.25) is 10.0 Å². The minimum Gasteiger partial charge on any atom is -0.361 e. The minimum atomic E-state index is -0.0126. The third-order valence-electron chi connectivity index (χ3n) is 6.93. The van der Waals surface area contributed by atoms with Crippen LogP contribution in [0.5, 0.6) is 0 Å². The summed E-state index contributed by atoms with van der Waals surface area (Å²) >= 11 is 12.7. The monoisotopic (exact) mass is 443 g/mol. The minimum absolute atomic E-state index is 0.0126. The van der Waals surface area contributed by atoms with Gasteiger partial charge in [0.1, 0.15) is 6.23 Å². The molecule has 2 aromatic carbocycles. The fourth-order valence-electron chi connectivity index (χ4n) is 5.52. The summed E-state index contributed by atoms with van der Waals surface area (Å²) in [5.41, 5.74) is 2.55. The van der Waals surface area contributed by atoms with Gasteiger partial charge < -0.3 is 4.74 Å². The van der Waals surface area contributed by atoms with Crippen LogP contribution in [0.15, 0.2) is 61.2 Å². The fourth-order valence-corrected chi connectivity index (χ4v) is 5.85.